The lowest BCUT2D eigenvalue weighted by molar-refractivity contribution is 0.160. The van der Waals surface area contributed by atoms with E-state index in [0.29, 0.717) is 6.04 Å². The fourth-order valence-electron chi connectivity index (χ4n) is 4.10. The summed E-state index contributed by atoms with van der Waals surface area (Å²) in [6.07, 6.45) is 9.39. The summed E-state index contributed by atoms with van der Waals surface area (Å²) in [6.45, 7) is 2.53. The SMILES string of the molecule is NCCCCN(Cc1cnnn1-c1ccccc1)C1CCCc2cccnc21. The van der Waals surface area contributed by atoms with E-state index >= 15 is 0 Å². The Hall–Kier alpha value is -2.57. The molecule has 3 aromatic rings. The number of aromatic nitrogens is 4. The van der Waals surface area contributed by atoms with Gasteiger partial charge in [0.25, 0.3) is 0 Å². The maximum absolute atomic E-state index is 5.75. The van der Waals surface area contributed by atoms with E-state index in [1.165, 1.54) is 17.7 Å². The molecule has 2 N–H and O–H groups in total. The quantitative estimate of drug-likeness (QED) is 0.611. The molecule has 146 valence electrons. The number of aryl methyl sites for hydroxylation is 1. The van der Waals surface area contributed by atoms with Crippen molar-refractivity contribution in [3.8, 4) is 5.69 Å². The van der Waals surface area contributed by atoms with E-state index in [0.717, 1.165) is 56.7 Å². The second-order valence-corrected chi connectivity index (χ2v) is 7.39. The largest absolute Gasteiger partial charge is 0.330 e. The summed E-state index contributed by atoms with van der Waals surface area (Å²) < 4.78 is 1.94. The molecule has 6 nitrogen and oxygen atoms in total. The number of para-hydroxylation sites is 1. The van der Waals surface area contributed by atoms with Crippen LogP contribution in [0.2, 0.25) is 0 Å². The average molecular weight is 377 g/mol. The van der Waals surface area contributed by atoms with Crippen molar-refractivity contribution in [1.82, 2.24) is 24.9 Å². The van der Waals surface area contributed by atoms with Gasteiger partial charge >= 0.3 is 0 Å². The van der Waals surface area contributed by atoms with Gasteiger partial charge in [0.05, 0.1) is 29.3 Å². The highest BCUT2D eigenvalue weighted by molar-refractivity contribution is 5.31. The molecule has 0 spiro atoms. The molecule has 0 fully saturated rings. The molecule has 28 heavy (non-hydrogen) atoms. The molecule has 6 heteroatoms. The Balaban J connectivity index is 1.61. The Morgan fingerprint density at radius 2 is 2.00 bits per heavy atom. The molecule has 1 aliphatic carbocycles. The molecule has 0 aliphatic heterocycles. The lowest BCUT2D eigenvalue weighted by atomic mass is 9.90. The Morgan fingerprint density at radius 3 is 2.86 bits per heavy atom. The minimum Gasteiger partial charge on any atom is -0.330 e. The maximum Gasteiger partial charge on any atom is 0.0786 e. The normalized spacial score (nSPS) is 16.3. The van der Waals surface area contributed by atoms with Gasteiger partial charge in [-0.05, 0) is 69.0 Å². The topological polar surface area (TPSA) is 72.9 Å². The number of nitrogens with two attached hydrogens (primary N) is 1. The number of pyridine rings is 1. The Bertz CT molecular complexity index is 875. The smallest absolute Gasteiger partial charge is 0.0786 e. The summed E-state index contributed by atoms with van der Waals surface area (Å²) in [5, 5.41) is 8.52. The van der Waals surface area contributed by atoms with Crippen molar-refractivity contribution in [2.24, 2.45) is 5.73 Å². The molecule has 0 radical (unpaired) electrons. The Morgan fingerprint density at radius 1 is 1.11 bits per heavy atom. The van der Waals surface area contributed by atoms with Crippen LogP contribution in [0.15, 0.2) is 54.9 Å². The summed E-state index contributed by atoms with van der Waals surface area (Å²) in [5.74, 6) is 0. The first-order valence-electron chi connectivity index (χ1n) is 10.2. The van der Waals surface area contributed by atoms with Gasteiger partial charge in [-0.25, -0.2) is 4.68 Å². The molecule has 1 unspecified atom stereocenters. The van der Waals surface area contributed by atoms with Gasteiger partial charge in [-0.1, -0.05) is 29.5 Å². The van der Waals surface area contributed by atoms with E-state index in [4.69, 9.17) is 10.7 Å². The third kappa shape index (κ3) is 4.13. The lowest BCUT2D eigenvalue weighted by Crippen LogP contribution is -2.33. The maximum atomic E-state index is 5.75. The molecule has 1 aromatic carbocycles. The second-order valence-electron chi connectivity index (χ2n) is 7.39. The monoisotopic (exact) mass is 376 g/mol. The van der Waals surface area contributed by atoms with E-state index in [-0.39, 0.29) is 0 Å². The number of fused-ring (bicyclic) bond motifs is 1. The third-order valence-electron chi connectivity index (χ3n) is 5.49. The van der Waals surface area contributed by atoms with E-state index in [2.05, 4.69) is 33.4 Å². The summed E-state index contributed by atoms with van der Waals surface area (Å²) in [5.41, 5.74) is 10.5. The fourth-order valence-corrected chi connectivity index (χ4v) is 4.10. The minimum atomic E-state index is 0.335. The summed E-state index contributed by atoms with van der Waals surface area (Å²) in [6, 6.07) is 14.8. The lowest BCUT2D eigenvalue weighted by Gasteiger charge is -2.35. The number of benzene rings is 1. The number of rotatable bonds is 8. The zero-order valence-electron chi connectivity index (χ0n) is 16.2. The molecular weight excluding hydrogens is 348 g/mol. The zero-order chi connectivity index (χ0) is 19.2. The molecule has 0 saturated heterocycles. The number of hydrogen-bond acceptors (Lipinski definition) is 5. The van der Waals surface area contributed by atoms with Crippen LogP contribution in [0.4, 0.5) is 0 Å². The number of hydrogen-bond donors (Lipinski definition) is 1. The second kappa shape index (κ2) is 9.08. The van der Waals surface area contributed by atoms with Crippen LogP contribution in [-0.4, -0.2) is 38.0 Å². The van der Waals surface area contributed by atoms with Gasteiger partial charge in [0.1, 0.15) is 0 Å². The van der Waals surface area contributed by atoms with Gasteiger partial charge in [-0.3, -0.25) is 9.88 Å². The van der Waals surface area contributed by atoms with Crippen molar-refractivity contribution in [2.75, 3.05) is 13.1 Å². The van der Waals surface area contributed by atoms with Gasteiger partial charge in [0.2, 0.25) is 0 Å². The van der Waals surface area contributed by atoms with Crippen molar-refractivity contribution in [2.45, 2.75) is 44.7 Å². The van der Waals surface area contributed by atoms with Crippen LogP contribution in [-0.2, 0) is 13.0 Å². The van der Waals surface area contributed by atoms with Crippen molar-refractivity contribution in [3.05, 3.63) is 71.8 Å². The van der Waals surface area contributed by atoms with Crippen LogP contribution < -0.4 is 5.73 Å². The van der Waals surface area contributed by atoms with Crippen LogP contribution in [0, 0.1) is 0 Å². The highest BCUT2D eigenvalue weighted by Gasteiger charge is 2.27. The number of nitrogens with zero attached hydrogens (tertiary/aromatic N) is 5. The first-order valence-corrected chi connectivity index (χ1v) is 10.2. The van der Waals surface area contributed by atoms with Crippen LogP contribution >= 0.6 is 0 Å². The summed E-state index contributed by atoms with van der Waals surface area (Å²) in [7, 11) is 0. The van der Waals surface area contributed by atoms with Crippen molar-refractivity contribution in [1.29, 1.82) is 0 Å². The fraction of sp³-hybridized carbons (Fsp3) is 0.409. The van der Waals surface area contributed by atoms with Crippen molar-refractivity contribution < 1.29 is 0 Å². The van der Waals surface area contributed by atoms with Gasteiger partial charge < -0.3 is 5.73 Å². The van der Waals surface area contributed by atoms with E-state index in [1.54, 1.807) is 0 Å². The van der Waals surface area contributed by atoms with Gasteiger partial charge in [0.15, 0.2) is 0 Å². The molecule has 2 heterocycles. The van der Waals surface area contributed by atoms with Gasteiger partial charge in [-0.15, -0.1) is 5.10 Å². The van der Waals surface area contributed by atoms with Gasteiger partial charge in [-0.2, -0.15) is 0 Å². The molecule has 4 rings (SSSR count). The highest BCUT2D eigenvalue weighted by atomic mass is 15.4. The molecule has 1 aliphatic rings. The molecule has 0 amide bonds. The van der Waals surface area contributed by atoms with Crippen molar-refractivity contribution >= 4 is 0 Å². The molecular formula is C22H28N6. The molecule has 0 bridgehead atoms. The van der Waals surface area contributed by atoms with Crippen LogP contribution in [0.3, 0.4) is 0 Å². The predicted molar refractivity (Wildman–Crippen MR) is 110 cm³/mol. The first kappa shape index (κ1) is 18.8. The minimum absolute atomic E-state index is 0.335. The zero-order valence-corrected chi connectivity index (χ0v) is 16.2. The molecule has 2 aromatic heterocycles. The first-order chi connectivity index (χ1) is 13.9. The van der Waals surface area contributed by atoms with E-state index < -0.39 is 0 Å². The van der Waals surface area contributed by atoms with Crippen LogP contribution in [0.5, 0.6) is 0 Å². The average Bonchev–Trinajstić information content (AvgIpc) is 3.22. The van der Waals surface area contributed by atoms with Crippen LogP contribution in [0.1, 0.15) is 48.7 Å². The van der Waals surface area contributed by atoms with E-state index in [9.17, 15) is 0 Å². The Labute approximate surface area is 166 Å². The summed E-state index contributed by atoms with van der Waals surface area (Å²) in [4.78, 5) is 7.30. The Kier molecular flexibility index (Phi) is 6.09. The van der Waals surface area contributed by atoms with Gasteiger partial charge in [0, 0.05) is 12.7 Å². The highest BCUT2D eigenvalue weighted by Crippen LogP contribution is 2.34. The molecule has 1 atom stereocenters. The van der Waals surface area contributed by atoms with E-state index in [1.807, 2.05) is 41.3 Å². The number of unbranched alkanes of at least 4 members (excludes halogenated alkanes) is 1. The summed E-state index contributed by atoms with van der Waals surface area (Å²) >= 11 is 0. The standard InChI is InChI=1S/C22H28N6/c23-13-4-5-15-27(21-12-6-8-18-9-7-14-24-22(18)21)17-20-16-25-26-28(20)19-10-2-1-3-11-19/h1-3,7,9-11,14,16,21H,4-6,8,12-13,15,17,23H2. The van der Waals surface area contributed by atoms with Crippen LogP contribution in [0.25, 0.3) is 5.69 Å². The van der Waals surface area contributed by atoms with Crippen molar-refractivity contribution in [3.63, 3.8) is 0 Å². The molecule has 0 saturated carbocycles. The third-order valence-corrected chi connectivity index (χ3v) is 5.49. The predicted octanol–water partition coefficient (Wildman–Crippen LogP) is 3.28.